The van der Waals surface area contributed by atoms with Crippen LogP contribution in [0.2, 0.25) is 0 Å². The van der Waals surface area contributed by atoms with Crippen molar-refractivity contribution in [2.75, 3.05) is 20.2 Å². The van der Waals surface area contributed by atoms with Gasteiger partial charge in [0.1, 0.15) is 5.75 Å². The molecule has 0 unspecified atom stereocenters. The van der Waals surface area contributed by atoms with Crippen molar-refractivity contribution in [3.05, 3.63) is 47.6 Å². The first kappa shape index (κ1) is 14.2. The Kier molecular flexibility index (Phi) is 4.82. The van der Waals surface area contributed by atoms with Crippen LogP contribution in [0.1, 0.15) is 18.4 Å². The van der Waals surface area contributed by atoms with E-state index >= 15 is 0 Å². The Morgan fingerprint density at radius 3 is 2.75 bits per heavy atom. The molecule has 1 aromatic rings. The SMILES string of the molecule is COc1cccc(C=CC=C2CCN(C(=O)O)CC2)c1. The maximum Gasteiger partial charge on any atom is 0.407 e. The molecule has 1 aliphatic rings. The molecule has 1 N–H and O–H groups in total. The first-order chi connectivity index (χ1) is 9.69. The number of likely N-dealkylation sites (tertiary alicyclic amines) is 1. The molecular weight excluding hydrogens is 254 g/mol. The summed E-state index contributed by atoms with van der Waals surface area (Å²) in [5.74, 6) is 0.842. The van der Waals surface area contributed by atoms with Gasteiger partial charge >= 0.3 is 6.09 Å². The Labute approximate surface area is 119 Å². The summed E-state index contributed by atoms with van der Waals surface area (Å²) in [5, 5.41) is 8.88. The van der Waals surface area contributed by atoms with E-state index in [1.54, 1.807) is 7.11 Å². The summed E-state index contributed by atoms with van der Waals surface area (Å²) < 4.78 is 5.17. The van der Waals surface area contributed by atoms with Crippen LogP contribution in [0.3, 0.4) is 0 Å². The number of hydrogen-bond donors (Lipinski definition) is 1. The molecule has 0 aliphatic carbocycles. The average molecular weight is 273 g/mol. The molecule has 0 saturated carbocycles. The summed E-state index contributed by atoms with van der Waals surface area (Å²) >= 11 is 0. The second kappa shape index (κ2) is 6.80. The van der Waals surface area contributed by atoms with E-state index in [1.807, 2.05) is 36.4 Å². The number of piperidine rings is 1. The van der Waals surface area contributed by atoms with E-state index in [0.29, 0.717) is 13.1 Å². The monoisotopic (exact) mass is 273 g/mol. The average Bonchev–Trinajstić information content (AvgIpc) is 2.48. The molecule has 106 valence electrons. The Hall–Kier alpha value is -2.23. The van der Waals surface area contributed by atoms with Crippen LogP contribution in [0.5, 0.6) is 5.75 Å². The fourth-order valence-corrected chi connectivity index (χ4v) is 2.19. The highest BCUT2D eigenvalue weighted by Gasteiger charge is 2.16. The minimum absolute atomic E-state index is 0.591. The molecule has 1 aliphatic heterocycles. The summed E-state index contributed by atoms with van der Waals surface area (Å²) in [6.45, 7) is 1.18. The molecule has 1 heterocycles. The lowest BCUT2D eigenvalue weighted by Crippen LogP contribution is -2.35. The quantitative estimate of drug-likeness (QED) is 0.918. The molecule has 2 rings (SSSR count). The highest BCUT2D eigenvalue weighted by Crippen LogP contribution is 2.17. The predicted octanol–water partition coefficient (Wildman–Crippen LogP) is 3.41. The van der Waals surface area contributed by atoms with E-state index in [-0.39, 0.29) is 0 Å². The van der Waals surface area contributed by atoms with Crippen LogP contribution in [-0.2, 0) is 0 Å². The topological polar surface area (TPSA) is 49.8 Å². The summed E-state index contributed by atoms with van der Waals surface area (Å²) in [6.07, 6.45) is 6.93. The maximum absolute atomic E-state index is 10.8. The lowest BCUT2D eigenvalue weighted by atomic mass is 10.0. The number of carbonyl (C=O) groups is 1. The van der Waals surface area contributed by atoms with E-state index < -0.39 is 6.09 Å². The molecule has 0 bridgehead atoms. The van der Waals surface area contributed by atoms with Crippen molar-refractivity contribution in [2.45, 2.75) is 12.8 Å². The molecule has 0 aromatic heterocycles. The molecular formula is C16H19NO3. The van der Waals surface area contributed by atoms with Crippen molar-refractivity contribution in [2.24, 2.45) is 0 Å². The Morgan fingerprint density at radius 1 is 1.35 bits per heavy atom. The molecule has 20 heavy (non-hydrogen) atoms. The van der Waals surface area contributed by atoms with Gasteiger partial charge in [0.15, 0.2) is 0 Å². The summed E-state index contributed by atoms with van der Waals surface area (Å²) in [7, 11) is 1.65. The van der Waals surface area contributed by atoms with Gasteiger partial charge in [-0.1, -0.05) is 35.9 Å². The van der Waals surface area contributed by atoms with Crippen LogP contribution >= 0.6 is 0 Å². The summed E-state index contributed by atoms with van der Waals surface area (Å²) in [5.41, 5.74) is 2.38. The largest absolute Gasteiger partial charge is 0.497 e. The van der Waals surface area contributed by atoms with Crippen molar-refractivity contribution in [1.82, 2.24) is 4.90 Å². The van der Waals surface area contributed by atoms with Crippen molar-refractivity contribution in [1.29, 1.82) is 0 Å². The van der Waals surface area contributed by atoms with Gasteiger partial charge in [-0.15, -0.1) is 0 Å². The highest BCUT2D eigenvalue weighted by molar-refractivity contribution is 5.65. The fourth-order valence-electron chi connectivity index (χ4n) is 2.19. The van der Waals surface area contributed by atoms with E-state index in [4.69, 9.17) is 9.84 Å². The normalized spacial score (nSPS) is 15.4. The standard InChI is InChI=1S/C16H19NO3/c1-20-15-7-3-6-14(12-15)5-2-4-13-8-10-17(11-9-13)16(18)19/h2-7,12H,8-11H2,1H3,(H,18,19). The van der Waals surface area contributed by atoms with Crippen LogP contribution in [0.25, 0.3) is 6.08 Å². The lowest BCUT2D eigenvalue weighted by molar-refractivity contribution is 0.141. The van der Waals surface area contributed by atoms with Crippen molar-refractivity contribution >= 4 is 12.2 Å². The molecule has 0 radical (unpaired) electrons. The minimum Gasteiger partial charge on any atom is -0.497 e. The third-order valence-electron chi connectivity index (χ3n) is 3.39. The number of benzene rings is 1. The van der Waals surface area contributed by atoms with Gasteiger partial charge in [0.05, 0.1) is 7.11 Å². The van der Waals surface area contributed by atoms with Crippen LogP contribution in [0, 0.1) is 0 Å². The third kappa shape index (κ3) is 3.88. The molecule has 0 spiro atoms. The second-order valence-electron chi connectivity index (χ2n) is 4.73. The third-order valence-corrected chi connectivity index (χ3v) is 3.39. The van der Waals surface area contributed by atoms with E-state index in [0.717, 1.165) is 24.2 Å². The van der Waals surface area contributed by atoms with Crippen molar-refractivity contribution < 1.29 is 14.6 Å². The maximum atomic E-state index is 10.8. The number of amides is 1. The van der Waals surface area contributed by atoms with Crippen molar-refractivity contribution in [3.63, 3.8) is 0 Å². The van der Waals surface area contributed by atoms with E-state index in [2.05, 4.69) is 6.08 Å². The number of rotatable bonds is 3. The van der Waals surface area contributed by atoms with Crippen LogP contribution in [-0.4, -0.2) is 36.3 Å². The number of allylic oxidation sites excluding steroid dienone is 2. The number of nitrogens with zero attached hydrogens (tertiary/aromatic N) is 1. The number of carboxylic acid groups (broad SMARTS) is 1. The fraction of sp³-hybridized carbons (Fsp3) is 0.312. The zero-order chi connectivity index (χ0) is 14.4. The van der Waals surface area contributed by atoms with Gasteiger partial charge in [-0.25, -0.2) is 4.79 Å². The van der Waals surface area contributed by atoms with E-state index in [9.17, 15) is 4.79 Å². The predicted molar refractivity (Wildman–Crippen MR) is 78.9 cm³/mol. The number of ether oxygens (including phenoxy) is 1. The number of hydrogen-bond acceptors (Lipinski definition) is 2. The first-order valence-corrected chi connectivity index (χ1v) is 6.67. The van der Waals surface area contributed by atoms with E-state index in [1.165, 1.54) is 10.5 Å². The zero-order valence-corrected chi connectivity index (χ0v) is 11.6. The molecule has 1 saturated heterocycles. The molecule has 1 amide bonds. The zero-order valence-electron chi connectivity index (χ0n) is 11.6. The van der Waals surface area contributed by atoms with Gasteiger partial charge in [-0.2, -0.15) is 0 Å². The second-order valence-corrected chi connectivity index (χ2v) is 4.73. The van der Waals surface area contributed by atoms with Crippen LogP contribution in [0.4, 0.5) is 4.79 Å². The summed E-state index contributed by atoms with van der Waals surface area (Å²) in [4.78, 5) is 12.3. The van der Waals surface area contributed by atoms with Gasteiger partial charge in [-0.3, -0.25) is 0 Å². The van der Waals surface area contributed by atoms with Gasteiger partial charge < -0.3 is 14.7 Å². The number of methoxy groups -OCH3 is 1. The summed E-state index contributed by atoms with van der Waals surface area (Å²) in [6, 6.07) is 7.86. The smallest absolute Gasteiger partial charge is 0.407 e. The van der Waals surface area contributed by atoms with Crippen molar-refractivity contribution in [3.8, 4) is 5.75 Å². The van der Waals surface area contributed by atoms with Gasteiger partial charge in [0.25, 0.3) is 0 Å². The molecule has 1 fully saturated rings. The first-order valence-electron chi connectivity index (χ1n) is 6.67. The Balaban J connectivity index is 1.92. The van der Waals surface area contributed by atoms with Gasteiger partial charge in [-0.05, 0) is 30.5 Å². The molecule has 4 nitrogen and oxygen atoms in total. The highest BCUT2D eigenvalue weighted by atomic mass is 16.5. The Bertz CT molecular complexity index is 524. The van der Waals surface area contributed by atoms with Crippen LogP contribution in [0.15, 0.2) is 42.0 Å². The van der Waals surface area contributed by atoms with Gasteiger partial charge in [0, 0.05) is 13.1 Å². The lowest BCUT2D eigenvalue weighted by Gasteiger charge is -2.25. The molecule has 4 heteroatoms. The van der Waals surface area contributed by atoms with Crippen LogP contribution < -0.4 is 4.74 Å². The Morgan fingerprint density at radius 2 is 2.10 bits per heavy atom. The molecule has 0 atom stereocenters. The molecule has 1 aromatic carbocycles. The minimum atomic E-state index is -0.823. The van der Waals surface area contributed by atoms with Gasteiger partial charge in [0.2, 0.25) is 0 Å².